The molecule has 0 aliphatic heterocycles. The molecule has 0 fully saturated rings. The molecular formula is C11H15BrFNO2. The summed E-state index contributed by atoms with van der Waals surface area (Å²) in [7, 11) is 0. The highest BCUT2D eigenvalue weighted by Gasteiger charge is 2.01. The number of halogens is 2. The van der Waals surface area contributed by atoms with Crippen molar-refractivity contribution < 1.29 is 14.2 Å². The van der Waals surface area contributed by atoms with Gasteiger partial charge in [0.05, 0.1) is 17.7 Å². The smallest absolute Gasteiger partial charge is 0.133 e. The number of rotatable bonds is 7. The number of benzene rings is 1. The third-order valence-electron chi connectivity index (χ3n) is 1.94. The molecule has 0 saturated carbocycles. The summed E-state index contributed by atoms with van der Waals surface area (Å²) in [6.45, 7) is 2.09. The Morgan fingerprint density at radius 1 is 1.38 bits per heavy atom. The fraction of sp³-hybridized carbons (Fsp3) is 0.455. The lowest BCUT2D eigenvalue weighted by Crippen LogP contribution is -2.20. The Morgan fingerprint density at radius 3 is 2.88 bits per heavy atom. The van der Waals surface area contributed by atoms with Crippen LogP contribution in [-0.2, 0) is 0 Å². The maximum Gasteiger partial charge on any atom is 0.133 e. The molecule has 1 aromatic carbocycles. The van der Waals surface area contributed by atoms with Crippen molar-refractivity contribution in [2.75, 3.05) is 26.3 Å². The molecule has 0 heterocycles. The predicted octanol–water partition coefficient (Wildman–Crippen LogP) is 1.94. The van der Waals surface area contributed by atoms with Gasteiger partial charge in [-0.05, 0) is 47.1 Å². The molecule has 0 atom stereocenters. The molecule has 0 aliphatic rings. The standard InChI is InChI=1S/C11H15BrFNO2/c12-10-8-9(13)2-3-11(10)16-7-1-4-14-5-6-15/h2-3,8,14-15H,1,4-7H2. The molecule has 3 nitrogen and oxygen atoms in total. The first-order valence-corrected chi connectivity index (χ1v) is 5.93. The van der Waals surface area contributed by atoms with Crippen LogP contribution in [0.3, 0.4) is 0 Å². The minimum absolute atomic E-state index is 0.143. The van der Waals surface area contributed by atoms with E-state index in [2.05, 4.69) is 21.2 Å². The van der Waals surface area contributed by atoms with E-state index in [0.717, 1.165) is 13.0 Å². The van der Waals surface area contributed by atoms with E-state index in [-0.39, 0.29) is 12.4 Å². The van der Waals surface area contributed by atoms with Crippen LogP contribution in [-0.4, -0.2) is 31.4 Å². The molecule has 90 valence electrons. The lowest BCUT2D eigenvalue weighted by atomic mass is 10.3. The first-order chi connectivity index (χ1) is 7.74. The van der Waals surface area contributed by atoms with Crippen molar-refractivity contribution in [3.05, 3.63) is 28.5 Å². The van der Waals surface area contributed by atoms with Crippen LogP contribution in [0.15, 0.2) is 22.7 Å². The molecule has 1 rings (SSSR count). The highest BCUT2D eigenvalue weighted by molar-refractivity contribution is 9.10. The van der Waals surface area contributed by atoms with E-state index >= 15 is 0 Å². The van der Waals surface area contributed by atoms with Gasteiger partial charge in [-0.25, -0.2) is 4.39 Å². The fourth-order valence-corrected chi connectivity index (χ4v) is 1.64. The van der Waals surface area contributed by atoms with Gasteiger partial charge >= 0.3 is 0 Å². The average molecular weight is 292 g/mol. The molecule has 1 aromatic rings. The van der Waals surface area contributed by atoms with Crippen LogP contribution in [0, 0.1) is 5.82 Å². The Balaban J connectivity index is 2.21. The maximum atomic E-state index is 12.8. The van der Waals surface area contributed by atoms with E-state index in [9.17, 15) is 4.39 Å². The summed E-state index contributed by atoms with van der Waals surface area (Å²) in [5, 5.41) is 11.6. The highest BCUT2D eigenvalue weighted by Crippen LogP contribution is 2.25. The zero-order valence-corrected chi connectivity index (χ0v) is 10.5. The zero-order valence-electron chi connectivity index (χ0n) is 8.88. The van der Waals surface area contributed by atoms with Gasteiger partial charge in [-0.2, -0.15) is 0 Å². The number of aliphatic hydroxyl groups is 1. The van der Waals surface area contributed by atoms with Crippen LogP contribution in [0.2, 0.25) is 0 Å². The topological polar surface area (TPSA) is 41.5 Å². The van der Waals surface area contributed by atoms with E-state index in [1.54, 1.807) is 6.07 Å². The SMILES string of the molecule is OCCNCCCOc1ccc(F)cc1Br. The normalized spacial score (nSPS) is 10.4. The molecule has 0 saturated heterocycles. The van der Waals surface area contributed by atoms with Gasteiger partial charge in [-0.1, -0.05) is 0 Å². The molecule has 0 unspecified atom stereocenters. The third kappa shape index (κ3) is 4.92. The second-order valence-corrected chi connectivity index (χ2v) is 4.10. The van der Waals surface area contributed by atoms with Gasteiger partial charge in [-0.15, -0.1) is 0 Å². The molecule has 2 N–H and O–H groups in total. The van der Waals surface area contributed by atoms with Gasteiger partial charge in [0.2, 0.25) is 0 Å². The summed E-state index contributed by atoms with van der Waals surface area (Å²) in [5.41, 5.74) is 0. The first-order valence-electron chi connectivity index (χ1n) is 5.13. The average Bonchev–Trinajstić information content (AvgIpc) is 2.26. The molecular weight excluding hydrogens is 277 g/mol. The van der Waals surface area contributed by atoms with Crippen LogP contribution in [0.4, 0.5) is 4.39 Å². The summed E-state index contributed by atoms with van der Waals surface area (Å²) in [6, 6.07) is 4.34. The van der Waals surface area contributed by atoms with Crippen molar-refractivity contribution in [1.29, 1.82) is 0 Å². The Bertz CT molecular complexity index is 323. The highest BCUT2D eigenvalue weighted by atomic mass is 79.9. The molecule has 16 heavy (non-hydrogen) atoms. The number of hydrogen-bond acceptors (Lipinski definition) is 3. The van der Waals surface area contributed by atoms with Gasteiger partial charge in [0, 0.05) is 6.54 Å². The van der Waals surface area contributed by atoms with E-state index in [4.69, 9.17) is 9.84 Å². The number of aliphatic hydroxyl groups excluding tert-OH is 1. The Morgan fingerprint density at radius 2 is 2.19 bits per heavy atom. The molecule has 5 heteroatoms. The molecule has 0 radical (unpaired) electrons. The lowest BCUT2D eigenvalue weighted by molar-refractivity contribution is 0.281. The number of nitrogens with one attached hydrogen (secondary N) is 1. The predicted molar refractivity (Wildman–Crippen MR) is 64.2 cm³/mol. The van der Waals surface area contributed by atoms with Gasteiger partial charge in [0.15, 0.2) is 0 Å². The van der Waals surface area contributed by atoms with Gasteiger partial charge in [0.25, 0.3) is 0 Å². The van der Waals surface area contributed by atoms with Crippen LogP contribution in [0.25, 0.3) is 0 Å². The molecule has 0 aliphatic carbocycles. The summed E-state index contributed by atoms with van der Waals surface area (Å²) in [4.78, 5) is 0. The first kappa shape index (κ1) is 13.4. The molecule has 0 bridgehead atoms. The minimum Gasteiger partial charge on any atom is -0.492 e. The quantitative estimate of drug-likeness (QED) is 0.755. The van der Waals surface area contributed by atoms with E-state index < -0.39 is 0 Å². The molecule has 0 amide bonds. The minimum atomic E-state index is -0.288. The Kier molecular flexibility index (Phi) is 6.37. The monoisotopic (exact) mass is 291 g/mol. The van der Waals surface area contributed by atoms with Crippen LogP contribution >= 0.6 is 15.9 Å². The second kappa shape index (κ2) is 7.60. The fourth-order valence-electron chi connectivity index (χ4n) is 1.18. The Labute approximate surface area is 103 Å². The van der Waals surface area contributed by atoms with Crippen LogP contribution in [0.5, 0.6) is 5.75 Å². The van der Waals surface area contributed by atoms with Crippen molar-refractivity contribution in [3.63, 3.8) is 0 Å². The Hall–Kier alpha value is -0.650. The van der Waals surface area contributed by atoms with Crippen LogP contribution in [0.1, 0.15) is 6.42 Å². The molecule has 0 aromatic heterocycles. The lowest BCUT2D eigenvalue weighted by Gasteiger charge is -2.08. The maximum absolute atomic E-state index is 12.8. The van der Waals surface area contributed by atoms with Gasteiger partial charge < -0.3 is 15.2 Å². The summed E-state index contributed by atoms with van der Waals surface area (Å²) < 4.78 is 18.8. The van der Waals surface area contributed by atoms with Crippen molar-refractivity contribution >= 4 is 15.9 Å². The summed E-state index contributed by atoms with van der Waals surface area (Å²) >= 11 is 3.23. The van der Waals surface area contributed by atoms with Crippen LogP contribution < -0.4 is 10.1 Å². The van der Waals surface area contributed by atoms with E-state index in [0.29, 0.717) is 23.4 Å². The summed E-state index contributed by atoms with van der Waals surface area (Å²) in [6.07, 6.45) is 0.837. The molecule has 0 spiro atoms. The van der Waals surface area contributed by atoms with E-state index in [1.165, 1.54) is 12.1 Å². The zero-order chi connectivity index (χ0) is 11.8. The van der Waals surface area contributed by atoms with E-state index in [1.807, 2.05) is 0 Å². The second-order valence-electron chi connectivity index (χ2n) is 3.25. The van der Waals surface area contributed by atoms with Crippen molar-refractivity contribution in [1.82, 2.24) is 5.32 Å². The largest absolute Gasteiger partial charge is 0.492 e. The van der Waals surface area contributed by atoms with Gasteiger partial charge in [-0.3, -0.25) is 0 Å². The third-order valence-corrected chi connectivity index (χ3v) is 2.56. The van der Waals surface area contributed by atoms with Gasteiger partial charge in [0.1, 0.15) is 11.6 Å². The summed E-state index contributed by atoms with van der Waals surface area (Å²) in [5.74, 6) is 0.354. The number of ether oxygens (including phenoxy) is 1. The van der Waals surface area contributed by atoms with Crippen molar-refractivity contribution in [2.45, 2.75) is 6.42 Å². The van der Waals surface area contributed by atoms with Crippen molar-refractivity contribution in [3.8, 4) is 5.75 Å². The number of hydrogen-bond donors (Lipinski definition) is 2. The van der Waals surface area contributed by atoms with Crippen molar-refractivity contribution in [2.24, 2.45) is 0 Å².